The zero-order valence-corrected chi connectivity index (χ0v) is 20.2. The quantitative estimate of drug-likeness (QED) is 0.360. The molecule has 2 aromatic rings. The van der Waals surface area contributed by atoms with Gasteiger partial charge in [0.15, 0.2) is 11.6 Å². The number of nitrogens with zero attached hydrogens (tertiary/aromatic N) is 3. The second-order valence-corrected chi connectivity index (χ2v) is 9.84. The molecular weight excluding hydrogens is 418 g/mol. The second-order valence-electron chi connectivity index (χ2n) is 9.84. The topological polar surface area (TPSA) is 77.7 Å². The van der Waals surface area contributed by atoms with Gasteiger partial charge in [0.1, 0.15) is 5.75 Å². The van der Waals surface area contributed by atoms with E-state index in [0.29, 0.717) is 37.5 Å². The zero-order chi connectivity index (χ0) is 23.2. The van der Waals surface area contributed by atoms with Crippen molar-refractivity contribution in [3.63, 3.8) is 0 Å². The maximum atomic E-state index is 12.6. The van der Waals surface area contributed by atoms with Crippen LogP contribution in [-0.4, -0.2) is 48.8 Å². The van der Waals surface area contributed by atoms with Gasteiger partial charge in [0.05, 0.1) is 6.61 Å². The predicted octanol–water partition coefficient (Wildman–Crippen LogP) is 5.19. The molecule has 1 atom stereocenters. The Morgan fingerprint density at radius 3 is 2.70 bits per heavy atom. The van der Waals surface area contributed by atoms with Crippen LogP contribution in [-0.2, 0) is 4.74 Å². The van der Waals surface area contributed by atoms with Crippen LogP contribution in [0.2, 0.25) is 0 Å². The van der Waals surface area contributed by atoms with Gasteiger partial charge in [-0.2, -0.15) is 4.98 Å². The van der Waals surface area contributed by atoms with Gasteiger partial charge in [-0.05, 0) is 74.6 Å². The lowest BCUT2D eigenvalue weighted by Gasteiger charge is -2.30. The summed E-state index contributed by atoms with van der Waals surface area (Å²) >= 11 is 0. The smallest absolute Gasteiger partial charge is 0.324 e. The molecule has 0 N–H and O–H groups in total. The number of ketones is 1. The molecule has 2 saturated heterocycles. The van der Waals surface area contributed by atoms with Gasteiger partial charge in [0.2, 0.25) is 0 Å². The molecule has 2 aliphatic rings. The van der Waals surface area contributed by atoms with Crippen LogP contribution in [0.25, 0.3) is 0 Å². The maximum Gasteiger partial charge on any atom is 0.324 e. The Bertz CT molecular complexity index is 912. The number of hydrogen-bond donors (Lipinski definition) is 0. The van der Waals surface area contributed by atoms with E-state index in [2.05, 4.69) is 28.9 Å². The Hall–Kier alpha value is -2.41. The largest absolute Gasteiger partial charge is 0.494 e. The van der Waals surface area contributed by atoms with Gasteiger partial charge in [-0.15, -0.1) is 0 Å². The fourth-order valence-electron chi connectivity index (χ4n) is 4.72. The van der Waals surface area contributed by atoms with Crippen molar-refractivity contribution in [2.75, 3.05) is 37.8 Å². The average molecular weight is 456 g/mol. The van der Waals surface area contributed by atoms with Crippen LogP contribution in [0.1, 0.15) is 80.0 Å². The van der Waals surface area contributed by atoms with E-state index in [1.807, 2.05) is 25.1 Å². The number of carbonyl (C=O) groups is 1. The molecule has 0 aliphatic carbocycles. The van der Waals surface area contributed by atoms with Crippen molar-refractivity contribution < 1.29 is 18.8 Å². The number of benzene rings is 1. The summed E-state index contributed by atoms with van der Waals surface area (Å²) in [5.74, 6) is 3.19. The molecule has 0 spiro atoms. The van der Waals surface area contributed by atoms with Crippen molar-refractivity contribution in [2.24, 2.45) is 11.8 Å². The number of carbonyl (C=O) groups excluding carboxylic acids is 1. The highest BCUT2D eigenvalue weighted by Gasteiger charge is 2.24. The average Bonchev–Trinajstić information content (AvgIpc) is 3.50. The van der Waals surface area contributed by atoms with Gasteiger partial charge < -0.3 is 18.9 Å². The summed E-state index contributed by atoms with van der Waals surface area (Å²) < 4.78 is 16.8. The van der Waals surface area contributed by atoms with E-state index < -0.39 is 0 Å². The van der Waals surface area contributed by atoms with E-state index in [4.69, 9.17) is 14.0 Å². The first-order chi connectivity index (χ1) is 16.0. The number of piperidine rings is 1. The van der Waals surface area contributed by atoms with E-state index in [0.717, 1.165) is 74.5 Å². The SMILES string of the molecule is Cc1cc(OCCCC2CCN(c3nc(C(C)C)no3)CC2)ccc1C(=O)C[C@@H]1CCOC1. The van der Waals surface area contributed by atoms with Crippen LogP contribution in [0.15, 0.2) is 22.7 Å². The molecule has 2 fully saturated rings. The lowest BCUT2D eigenvalue weighted by molar-refractivity contribution is 0.0952. The second kappa shape index (κ2) is 11.1. The molecule has 0 amide bonds. The minimum Gasteiger partial charge on any atom is -0.494 e. The number of Topliss-reactive ketones (excluding diaryl/α,β-unsaturated/α-hetero) is 1. The third-order valence-electron chi connectivity index (χ3n) is 6.85. The number of anilines is 1. The van der Waals surface area contributed by atoms with Crippen LogP contribution in [0.3, 0.4) is 0 Å². The summed E-state index contributed by atoms with van der Waals surface area (Å²) in [6.45, 7) is 10.3. The molecule has 0 unspecified atom stereocenters. The van der Waals surface area contributed by atoms with Gasteiger partial charge in [0, 0.05) is 44.2 Å². The Balaban J connectivity index is 1.16. The molecule has 3 heterocycles. The fourth-order valence-corrected chi connectivity index (χ4v) is 4.72. The summed E-state index contributed by atoms with van der Waals surface area (Å²) in [5, 5.41) is 4.08. The van der Waals surface area contributed by atoms with Crippen molar-refractivity contribution >= 4 is 11.8 Å². The number of ether oxygens (including phenoxy) is 2. The Labute approximate surface area is 196 Å². The lowest BCUT2D eigenvalue weighted by atomic mass is 9.92. The Morgan fingerprint density at radius 2 is 2.03 bits per heavy atom. The molecule has 1 aromatic heterocycles. The molecule has 0 radical (unpaired) electrons. The third-order valence-corrected chi connectivity index (χ3v) is 6.85. The molecule has 4 rings (SSSR count). The number of aromatic nitrogens is 2. The molecule has 7 heteroatoms. The first-order valence-corrected chi connectivity index (χ1v) is 12.4. The van der Waals surface area contributed by atoms with Crippen LogP contribution in [0, 0.1) is 18.8 Å². The zero-order valence-electron chi connectivity index (χ0n) is 20.2. The molecule has 0 saturated carbocycles. The molecule has 0 bridgehead atoms. The summed E-state index contributed by atoms with van der Waals surface area (Å²) in [7, 11) is 0. The highest BCUT2D eigenvalue weighted by molar-refractivity contribution is 5.97. The van der Waals surface area contributed by atoms with Crippen LogP contribution in [0.5, 0.6) is 5.75 Å². The van der Waals surface area contributed by atoms with Crippen molar-refractivity contribution in [3.05, 3.63) is 35.2 Å². The summed E-state index contributed by atoms with van der Waals surface area (Å²) in [6.07, 6.45) is 6.03. The minimum absolute atomic E-state index is 0.210. The van der Waals surface area contributed by atoms with Crippen molar-refractivity contribution in [3.8, 4) is 5.75 Å². The van der Waals surface area contributed by atoms with E-state index in [-0.39, 0.29) is 11.7 Å². The van der Waals surface area contributed by atoms with Crippen LogP contribution in [0.4, 0.5) is 6.01 Å². The van der Waals surface area contributed by atoms with Crippen molar-refractivity contribution in [1.29, 1.82) is 0 Å². The molecular formula is C26H37N3O4. The summed E-state index contributed by atoms with van der Waals surface area (Å²) in [4.78, 5) is 19.3. The normalized spacial score (nSPS) is 19.4. The van der Waals surface area contributed by atoms with Gasteiger partial charge in [0.25, 0.3) is 0 Å². The van der Waals surface area contributed by atoms with Crippen LogP contribution < -0.4 is 9.64 Å². The van der Waals surface area contributed by atoms with Gasteiger partial charge in [-0.1, -0.05) is 19.0 Å². The molecule has 1 aromatic carbocycles. The predicted molar refractivity (Wildman–Crippen MR) is 127 cm³/mol. The first kappa shape index (κ1) is 23.7. The minimum atomic E-state index is 0.210. The van der Waals surface area contributed by atoms with Crippen molar-refractivity contribution in [2.45, 2.75) is 65.2 Å². The molecule has 180 valence electrons. The standard InChI is InChI=1S/C26H37N3O4/c1-18(2)25-27-26(33-28-25)29-11-8-20(9-12-29)5-4-13-32-22-6-7-23(19(3)15-22)24(30)16-21-10-14-31-17-21/h6-7,15,18,20-21H,4-5,8-14,16-17H2,1-3H3/t21-/m0/s1. The number of rotatable bonds is 10. The lowest BCUT2D eigenvalue weighted by Crippen LogP contribution is -2.34. The summed E-state index contributed by atoms with van der Waals surface area (Å²) in [6, 6.07) is 6.50. The van der Waals surface area contributed by atoms with Crippen LogP contribution >= 0.6 is 0 Å². The molecule has 2 aliphatic heterocycles. The fraction of sp³-hybridized carbons (Fsp3) is 0.654. The Kier molecular flexibility index (Phi) is 8.02. The first-order valence-electron chi connectivity index (χ1n) is 12.4. The van der Waals surface area contributed by atoms with Gasteiger partial charge in [-0.3, -0.25) is 4.79 Å². The maximum absolute atomic E-state index is 12.6. The van der Waals surface area contributed by atoms with Gasteiger partial charge >= 0.3 is 6.01 Å². The molecule has 7 nitrogen and oxygen atoms in total. The summed E-state index contributed by atoms with van der Waals surface area (Å²) in [5.41, 5.74) is 1.80. The number of aryl methyl sites for hydroxylation is 1. The van der Waals surface area contributed by atoms with E-state index in [9.17, 15) is 4.79 Å². The Morgan fingerprint density at radius 1 is 1.21 bits per heavy atom. The van der Waals surface area contributed by atoms with E-state index in [1.54, 1.807) is 0 Å². The number of hydrogen-bond acceptors (Lipinski definition) is 7. The third kappa shape index (κ3) is 6.34. The monoisotopic (exact) mass is 455 g/mol. The van der Waals surface area contributed by atoms with Crippen molar-refractivity contribution in [1.82, 2.24) is 10.1 Å². The molecule has 33 heavy (non-hydrogen) atoms. The highest BCUT2D eigenvalue weighted by Crippen LogP contribution is 2.27. The highest BCUT2D eigenvalue weighted by atomic mass is 16.5. The van der Waals surface area contributed by atoms with Gasteiger partial charge in [-0.25, -0.2) is 0 Å². The van der Waals surface area contributed by atoms with E-state index >= 15 is 0 Å². The van der Waals surface area contributed by atoms with E-state index in [1.165, 1.54) is 0 Å².